The number of carbonyl (C=O) groups is 3. The molecule has 0 unspecified atom stereocenters. The lowest BCUT2D eigenvalue weighted by atomic mass is 10.1. The van der Waals surface area contributed by atoms with Crippen LogP contribution >= 0.6 is 0 Å². The summed E-state index contributed by atoms with van der Waals surface area (Å²) in [5, 5.41) is 7.99. The van der Waals surface area contributed by atoms with E-state index in [4.69, 9.17) is 0 Å². The van der Waals surface area contributed by atoms with Crippen molar-refractivity contribution in [2.24, 2.45) is 0 Å². The molecular formula is C24H24N4O5S. The van der Waals surface area contributed by atoms with Gasteiger partial charge in [-0.3, -0.25) is 14.4 Å². The van der Waals surface area contributed by atoms with Gasteiger partial charge in [0, 0.05) is 43.0 Å². The molecule has 4 N–H and O–H groups in total. The molecule has 0 saturated carbocycles. The van der Waals surface area contributed by atoms with E-state index in [0.717, 1.165) is 0 Å². The first-order chi connectivity index (χ1) is 16.1. The third-order valence-electron chi connectivity index (χ3n) is 4.61. The summed E-state index contributed by atoms with van der Waals surface area (Å²) < 4.78 is 27.6. The van der Waals surface area contributed by atoms with Gasteiger partial charge in [0.15, 0.2) is 0 Å². The first kappa shape index (κ1) is 24.6. The van der Waals surface area contributed by atoms with Crippen LogP contribution in [0.25, 0.3) is 0 Å². The first-order valence-corrected chi connectivity index (χ1v) is 11.8. The number of rotatable bonds is 8. The van der Waals surface area contributed by atoms with E-state index in [1.165, 1.54) is 38.1 Å². The van der Waals surface area contributed by atoms with Gasteiger partial charge in [0.1, 0.15) is 0 Å². The number of benzene rings is 3. The zero-order chi connectivity index (χ0) is 24.7. The van der Waals surface area contributed by atoms with Gasteiger partial charge >= 0.3 is 0 Å². The molecule has 34 heavy (non-hydrogen) atoms. The summed E-state index contributed by atoms with van der Waals surface area (Å²) in [6.45, 7) is 2.81. The Morgan fingerprint density at radius 3 is 1.85 bits per heavy atom. The van der Waals surface area contributed by atoms with E-state index in [1.54, 1.807) is 48.5 Å². The lowest BCUT2D eigenvalue weighted by Crippen LogP contribution is -2.23. The maximum atomic E-state index is 12.5. The molecule has 10 heteroatoms. The van der Waals surface area contributed by atoms with Crippen molar-refractivity contribution >= 4 is 44.8 Å². The molecule has 3 amide bonds. The highest BCUT2D eigenvalue weighted by Gasteiger charge is 2.14. The Hall–Kier alpha value is -4.02. The van der Waals surface area contributed by atoms with Gasteiger partial charge in [-0.15, -0.1) is 0 Å². The summed E-state index contributed by atoms with van der Waals surface area (Å²) in [7, 11) is -3.76. The number of sulfonamides is 1. The van der Waals surface area contributed by atoms with Crippen LogP contribution in [0.2, 0.25) is 0 Å². The second-order valence-electron chi connectivity index (χ2n) is 7.44. The Morgan fingerprint density at radius 1 is 0.706 bits per heavy atom. The normalized spacial score (nSPS) is 10.9. The van der Waals surface area contributed by atoms with Crippen LogP contribution in [-0.2, 0) is 26.2 Å². The first-order valence-electron chi connectivity index (χ1n) is 10.3. The van der Waals surface area contributed by atoms with Gasteiger partial charge in [0.2, 0.25) is 21.8 Å². The van der Waals surface area contributed by atoms with Crippen molar-refractivity contribution in [3.63, 3.8) is 0 Å². The zero-order valence-corrected chi connectivity index (χ0v) is 19.4. The van der Waals surface area contributed by atoms with E-state index >= 15 is 0 Å². The van der Waals surface area contributed by atoms with E-state index in [1.807, 2.05) is 0 Å². The molecule has 176 valence electrons. The number of amides is 3. The molecule has 0 atom stereocenters. The standard InChI is InChI=1S/C24H24N4O5S/c1-16(29)26-20-10-12-23(13-11-20)34(32,33)25-15-18-6-8-19(9-7-18)24(31)28-22-5-3-4-21(14-22)27-17(2)30/h3-14,25H,15H2,1-2H3,(H,26,29)(H,27,30)(H,28,31). The molecule has 0 aliphatic rings. The van der Waals surface area contributed by atoms with Crippen LogP contribution in [0, 0.1) is 0 Å². The minimum atomic E-state index is -3.76. The van der Waals surface area contributed by atoms with Gasteiger partial charge in [-0.1, -0.05) is 18.2 Å². The van der Waals surface area contributed by atoms with E-state index < -0.39 is 10.0 Å². The summed E-state index contributed by atoms with van der Waals surface area (Å²) in [6.07, 6.45) is 0. The average molecular weight is 481 g/mol. The summed E-state index contributed by atoms with van der Waals surface area (Å²) in [5.41, 5.74) is 2.66. The third kappa shape index (κ3) is 6.99. The van der Waals surface area contributed by atoms with Crippen LogP contribution < -0.4 is 20.7 Å². The third-order valence-corrected chi connectivity index (χ3v) is 6.03. The van der Waals surface area contributed by atoms with Crippen molar-refractivity contribution in [1.29, 1.82) is 0 Å². The van der Waals surface area contributed by atoms with Crippen molar-refractivity contribution in [2.75, 3.05) is 16.0 Å². The fourth-order valence-electron chi connectivity index (χ4n) is 3.04. The molecule has 0 spiro atoms. The predicted octanol–water partition coefficient (Wildman–Crippen LogP) is 3.33. The van der Waals surface area contributed by atoms with Crippen LogP contribution in [0.3, 0.4) is 0 Å². The molecule has 3 rings (SSSR count). The molecule has 9 nitrogen and oxygen atoms in total. The molecule has 0 radical (unpaired) electrons. The number of carbonyl (C=O) groups excluding carboxylic acids is 3. The van der Waals surface area contributed by atoms with E-state index in [2.05, 4.69) is 20.7 Å². The molecule has 0 bridgehead atoms. The van der Waals surface area contributed by atoms with Gasteiger partial charge in [-0.05, 0) is 60.2 Å². The summed E-state index contributed by atoms with van der Waals surface area (Å²) in [5.74, 6) is -0.799. The topological polar surface area (TPSA) is 133 Å². The van der Waals surface area contributed by atoms with E-state index in [0.29, 0.717) is 28.2 Å². The Labute approximate surface area is 197 Å². The van der Waals surface area contributed by atoms with Crippen LogP contribution in [0.1, 0.15) is 29.8 Å². The van der Waals surface area contributed by atoms with Crippen molar-refractivity contribution in [1.82, 2.24) is 4.72 Å². The predicted molar refractivity (Wildman–Crippen MR) is 130 cm³/mol. The van der Waals surface area contributed by atoms with Crippen LogP contribution in [0.15, 0.2) is 77.7 Å². The molecule has 0 saturated heterocycles. The second kappa shape index (κ2) is 10.7. The van der Waals surface area contributed by atoms with Gasteiger partial charge in [-0.2, -0.15) is 0 Å². The maximum Gasteiger partial charge on any atom is 0.255 e. The minimum Gasteiger partial charge on any atom is -0.326 e. The van der Waals surface area contributed by atoms with Gasteiger partial charge in [-0.25, -0.2) is 13.1 Å². The fourth-order valence-corrected chi connectivity index (χ4v) is 4.06. The zero-order valence-electron chi connectivity index (χ0n) is 18.6. The quantitative estimate of drug-likeness (QED) is 0.392. The Balaban J connectivity index is 1.59. The Kier molecular flexibility index (Phi) is 7.77. The van der Waals surface area contributed by atoms with E-state index in [-0.39, 0.29) is 29.2 Å². The van der Waals surface area contributed by atoms with Crippen LogP contribution in [0.5, 0.6) is 0 Å². The Bertz CT molecular complexity index is 1300. The second-order valence-corrected chi connectivity index (χ2v) is 9.21. The highest BCUT2D eigenvalue weighted by molar-refractivity contribution is 7.89. The minimum absolute atomic E-state index is 0.0381. The largest absolute Gasteiger partial charge is 0.326 e. The smallest absolute Gasteiger partial charge is 0.255 e. The van der Waals surface area contributed by atoms with Crippen molar-refractivity contribution < 1.29 is 22.8 Å². The summed E-state index contributed by atoms with van der Waals surface area (Å²) in [6, 6.07) is 19.1. The highest BCUT2D eigenvalue weighted by atomic mass is 32.2. The highest BCUT2D eigenvalue weighted by Crippen LogP contribution is 2.17. The molecule has 0 aliphatic heterocycles. The Morgan fingerprint density at radius 2 is 1.26 bits per heavy atom. The van der Waals surface area contributed by atoms with Crippen molar-refractivity contribution in [2.45, 2.75) is 25.3 Å². The van der Waals surface area contributed by atoms with Gasteiger partial charge in [0.05, 0.1) is 4.90 Å². The molecule has 0 aromatic heterocycles. The number of hydrogen-bond acceptors (Lipinski definition) is 5. The monoisotopic (exact) mass is 480 g/mol. The van der Waals surface area contributed by atoms with E-state index in [9.17, 15) is 22.8 Å². The fraction of sp³-hybridized carbons (Fsp3) is 0.125. The molecule has 0 heterocycles. The van der Waals surface area contributed by atoms with Crippen LogP contribution in [0.4, 0.5) is 17.1 Å². The van der Waals surface area contributed by atoms with Crippen molar-refractivity contribution in [3.05, 3.63) is 83.9 Å². The summed E-state index contributed by atoms with van der Waals surface area (Å²) >= 11 is 0. The molecule has 3 aromatic rings. The molecular weight excluding hydrogens is 456 g/mol. The molecule has 3 aromatic carbocycles. The molecule has 0 aliphatic carbocycles. The maximum absolute atomic E-state index is 12.5. The average Bonchev–Trinajstić information content (AvgIpc) is 2.78. The van der Waals surface area contributed by atoms with Gasteiger partial charge < -0.3 is 16.0 Å². The summed E-state index contributed by atoms with van der Waals surface area (Å²) in [4.78, 5) is 34.9. The SMILES string of the molecule is CC(=O)Nc1ccc(S(=O)(=O)NCc2ccc(C(=O)Nc3cccc(NC(C)=O)c3)cc2)cc1. The van der Waals surface area contributed by atoms with Gasteiger partial charge in [0.25, 0.3) is 5.91 Å². The number of hydrogen-bond donors (Lipinski definition) is 4. The van der Waals surface area contributed by atoms with Crippen LogP contribution in [-0.4, -0.2) is 26.1 Å². The molecule has 0 fully saturated rings. The number of anilines is 3. The lowest BCUT2D eigenvalue weighted by molar-refractivity contribution is -0.115. The lowest BCUT2D eigenvalue weighted by Gasteiger charge is -2.10. The van der Waals surface area contributed by atoms with Crippen molar-refractivity contribution in [3.8, 4) is 0 Å². The number of nitrogens with one attached hydrogen (secondary N) is 4.